The summed E-state index contributed by atoms with van der Waals surface area (Å²) in [6, 6.07) is 6.19. The standard InChI is InChI=1S/C17H13F4N5OS/c1-26(16(27)9-2-4-10(18)5-3-9)17-25-14(15(21)28-17)11-6-13(24-8-23-11)22-7-12(19)20/h2-6,8,12H,7H2,1H3,(H,22,23,24). The summed E-state index contributed by atoms with van der Waals surface area (Å²) < 4.78 is 52.0. The molecule has 0 bridgehead atoms. The molecule has 0 aliphatic carbocycles. The van der Waals surface area contributed by atoms with Crippen LogP contribution in [0.1, 0.15) is 10.4 Å². The molecule has 3 aromatic rings. The Labute approximate surface area is 160 Å². The highest BCUT2D eigenvalue weighted by atomic mass is 32.1. The molecule has 0 aliphatic heterocycles. The van der Waals surface area contributed by atoms with Crippen molar-refractivity contribution >= 4 is 28.2 Å². The van der Waals surface area contributed by atoms with E-state index in [-0.39, 0.29) is 27.9 Å². The first-order valence-electron chi connectivity index (χ1n) is 7.89. The average molecular weight is 411 g/mol. The molecule has 0 saturated carbocycles. The molecule has 3 rings (SSSR count). The summed E-state index contributed by atoms with van der Waals surface area (Å²) in [6.45, 7) is -0.615. The van der Waals surface area contributed by atoms with Crippen molar-refractivity contribution in [2.24, 2.45) is 0 Å². The maximum Gasteiger partial charge on any atom is 0.259 e. The number of amides is 1. The predicted molar refractivity (Wildman–Crippen MR) is 96.7 cm³/mol. The van der Waals surface area contributed by atoms with Gasteiger partial charge in [0.15, 0.2) is 5.13 Å². The Bertz CT molecular complexity index is 980. The predicted octanol–water partition coefficient (Wildman–Crippen LogP) is 3.83. The minimum atomic E-state index is -2.58. The number of aromatic nitrogens is 3. The van der Waals surface area contributed by atoms with Crippen molar-refractivity contribution in [2.75, 3.05) is 23.8 Å². The molecule has 6 nitrogen and oxygen atoms in total. The number of hydrogen-bond donors (Lipinski definition) is 1. The zero-order chi connectivity index (χ0) is 20.3. The molecular formula is C17H13F4N5OS. The van der Waals surface area contributed by atoms with Gasteiger partial charge in [-0.15, -0.1) is 0 Å². The van der Waals surface area contributed by atoms with Crippen molar-refractivity contribution in [3.05, 3.63) is 53.2 Å². The third-order valence-corrected chi connectivity index (χ3v) is 4.52. The first-order chi connectivity index (χ1) is 13.3. The Balaban J connectivity index is 1.83. The molecule has 0 aliphatic rings. The van der Waals surface area contributed by atoms with Crippen LogP contribution in [0.2, 0.25) is 0 Å². The topological polar surface area (TPSA) is 71.0 Å². The third-order valence-electron chi connectivity index (χ3n) is 3.60. The molecule has 11 heteroatoms. The smallest absolute Gasteiger partial charge is 0.259 e. The van der Waals surface area contributed by atoms with Crippen LogP contribution in [-0.4, -0.2) is 40.9 Å². The summed E-state index contributed by atoms with van der Waals surface area (Å²) in [7, 11) is 1.41. The van der Waals surface area contributed by atoms with E-state index in [1.165, 1.54) is 25.2 Å². The fourth-order valence-corrected chi connectivity index (χ4v) is 2.99. The van der Waals surface area contributed by atoms with Gasteiger partial charge in [0.25, 0.3) is 12.3 Å². The van der Waals surface area contributed by atoms with Crippen molar-refractivity contribution < 1.29 is 22.4 Å². The average Bonchev–Trinajstić information content (AvgIpc) is 3.08. The molecule has 0 unspecified atom stereocenters. The molecule has 0 saturated heterocycles. The summed E-state index contributed by atoms with van der Waals surface area (Å²) in [5.74, 6) is -0.890. The molecule has 1 aromatic carbocycles. The Morgan fingerprint density at radius 2 is 1.93 bits per heavy atom. The maximum absolute atomic E-state index is 14.4. The van der Waals surface area contributed by atoms with E-state index in [2.05, 4.69) is 20.3 Å². The van der Waals surface area contributed by atoms with Crippen LogP contribution in [0.15, 0.2) is 36.7 Å². The SMILES string of the molecule is CN(C(=O)c1ccc(F)cc1)c1nc(-c2cc(NCC(F)F)ncn2)c(F)s1. The number of carbonyl (C=O) groups is 1. The van der Waals surface area contributed by atoms with Gasteiger partial charge in [0, 0.05) is 18.7 Å². The highest BCUT2D eigenvalue weighted by Gasteiger charge is 2.21. The zero-order valence-corrected chi connectivity index (χ0v) is 15.2. The molecule has 0 atom stereocenters. The molecule has 0 spiro atoms. The first kappa shape index (κ1) is 19.7. The van der Waals surface area contributed by atoms with Crippen LogP contribution < -0.4 is 10.2 Å². The van der Waals surface area contributed by atoms with Gasteiger partial charge in [0.05, 0.1) is 12.2 Å². The molecule has 146 valence electrons. The van der Waals surface area contributed by atoms with E-state index in [1.54, 1.807) is 0 Å². The van der Waals surface area contributed by atoms with Gasteiger partial charge < -0.3 is 5.32 Å². The second kappa shape index (κ2) is 8.30. The van der Waals surface area contributed by atoms with E-state index in [9.17, 15) is 22.4 Å². The van der Waals surface area contributed by atoms with Gasteiger partial charge in [-0.1, -0.05) is 11.3 Å². The lowest BCUT2D eigenvalue weighted by atomic mass is 10.2. The van der Waals surface area contributed by atoms with Crippen molar-refractivity contribution in [3.63, 3.8) is 0 Å². The quantitative estimate of drug-likeness (QED) is 0.625. The number of hydrogen-bond acceptors (Lipinski definition) is 6. The second-order valence-corrected chi connectivity index (χ2v) is 6.48. The fourth-order valence-electron chi connectivity index (χ4n) is 2.23. The molecule has 1 amide bonds. The van der Waals surface area contributed by atoms with Gasteiger partial charge >= 0.3 is 0 Å². The summed E-state index contributed by atoms with van der Waals surface area (Å²) in [4.78, 5) is 25.4. The second-order valence-electron chi connectivity index (χ2n) is 5.55. The van der Waals surface area contributed by atoms with Gasteiger partial charge in [-0.3, -0.25) is 9.69 Å². The lowest BCUT2D eigenvalue weighted by molar-refractivity contribution is 0.0993. The molecule has 1 N–H and O–H groups in total. The normalized spacial score (nSPS) is 10.9. The molecule has 0 radical (unpaired) electrons. The highest BCUT2D eigenvalue weighted by Crippen LogP contribution is 2.31. The number of benzene rings is 1. The fraction of sp³-hybridized carbons (Fsp3) is 0.176. The van der Waals surface area contributed by atoms with Crippen LogP contribution in [0.4, 0.5) is 28.5 Å². The van der Waals surface area contributed by atoms with Gasteiger partial charge in [-0.25, -0.2) is 28.1 Å². The lowest BCUT2D eigenvalue weighted by Gasteiger charge is -2.13. The lowest BCUT2D eigenvalue weighted by Crippen LogP contribution is -2.26. The minimum Gasteiger partial charge on any atom is -0.364 e. The number of thiazole rings is 1. The number of carbonyl (C=O) groups excluding carboxylic acids is 1. The van der Waals surface area contributed by atoms with E-state index in [1.807, 2.05) is 0 Å². The van der Waals surface area contributed by atoms with Crippen LogP contribution in [0.3, 0.4) is 0 Å². The van der Waals surface area contributed by atoms with Crippen LogP contribution in [0.5, 0.6) is 0 Å². The highest BCUT2D eigenvalue weighted by molar-refractivity contribution is 7.14. The van der Waals surface area contributed by atoms with E-state index < -0.39 is 29.8 Å². The first-order valence-corrected chi connectivity index (χ1v) is 8.71. The Kier molecular flexibility index (Phi) is 5.83. The van der Waals surface area contributed by atoms with Crippen molar-refractivity contribution in [1.29, 1.82) is 0 Å². The van der Waals surface area contributed by atoms with Gasteiger partial charge in [-0.05, 0) is 24.3 Å². The van der Waals surface area contributed by atoms with Crippen LogP contribution in [0.25, 0.3) is 11.4 Å². The van der Waals surface area contributed by atoms with Crippen LogP contribution in [-0.2, 0) is 0 Å². The Morgan fingerprint density at radius 1 is 1.21 bits per heavy atom. The summed E-state index contributed by atoms with van der Waals surface area (Å²) in [6.07, 6.45) is -1.48. The summed E-state index contributed by atoms with van der Waals surface area (Å²) in [5, 5.41) is 1.76. The van der Waals surface area contributed by atoms with Crippen molar-refractivity contribution in [1.82, 2.24) is 15.0 Å². The number of alkyl halides is 2. The molecular weight excluding hydrogens is 398 g/mol. The van der Waals surface area contributed by atoms with Crippen molar-refractivity contribution in [3.8, 4) is 11.4 Å². The largest absolute Gasteiger partial charge is 0.364 e. The number of nitrogens with zero attached hydrogens (tertiary/aromatic N) is 4. The number of nitrogens with one attached hydrogen (secondary N) is 1. The van der Waals surface area contributed by atoms with E-state index in [0.29, 0.717) is 11.3 Å². The summed E-state index contributed by atoms with van der Waals surface area (Å²) in [5.41, 5.74) is 0.150. The molecule has 0 fully saturated rings. The zero-order valence-electron chi connectivity index (χ0n) is 14.4. The van der Waals surface area contributed by atoms with Gasteiger partial charge in [0.2, 0.25) is 5.13 Å². The Morgan fingerprint density at radius 3 is 2.61 bits per heavy atom. The Hall–Kier alpha value is -3.08. The van der Waals surface area contributed by atoms with Crippen molar-refractivity contribution in [2.45, 2.75) is 6.43 Å². The van der Waals surface area contributed by atoms with E-state index >= 15 is 0 Å². The molecule has 2 heterocycles. The number of anilines is 2. The van der Waals surface area contributed by atoms with Crippen LogP contribution in [0, 0.1) is 10.9 Å². The summed E-state index contributed by atoms with van der Waals surface area (Å²) >= 11 is 0.620. The minimum absolute atomic E-state index is 0.0579. The number of halogens is 4. The molecule has 28 heavy (non-hydrogen) atoms. The third kappa shape index (κ3) is 4.42. The van der Waals surface area contributed by atoms with E-state index in [0.717, 1.165) is 23.4 Å². The maximum atomic E-state index is 14.4. The monoisotopic (exact) mass is 411 g/mol. The number of rotatable bonds is 6. The molecule has 2 aromatic heterocycles. The van der Waals surface area contributed by atoms with Crippen LogP contribution >= 0.6 is 11.3 Å². The van der Waals surface area contributed by atoms with Gasteiger partial charge in [0.1, 0.15) is 23.7 Å². The van der Waals surface area contributed by atoms with E-state index in [4.69, 9.17) is 0 Å². The van der Waals surface area contributed by atoms with Gasteiger partial charge in [-0.2, -0.15) is 4.39 Å².